The molecule has 7 heteroatoms. The van der Waals surface area contributed by atoms with E-state index in [2.05, 4.69) is 25.9 Å². The lowest BCUT2D eigenvalue weighted by molar-refractivity contribution is 0.373. The van der Waals surface area contributed by atoms with Gasteiger partial charge in [-0.1, -0.05) is 27.5 Å². The first-order valence-corrected chi connectivity index (χ1v) is 9.47. The van der Waals surface area contributed by atoms with E-state index in [1.165, 1.54) is 7.11 Å². The largest absolute Gasteiger partial charge is 0.504 e. The fourth-order valence-electron chi connectivity index (χ4n) is 2.71. The maximum Gasteiger partial charge on any atom is 0.227 e. The molecule has 0 aliphatic carbocycles. The molecule has 0 bridgehead atoms. The summed E-state index contributed by atoms with van der Waals surface area (Å²) in [4.78, 5) is 8.88. The molecular weight excluding hydrogens is 444 g/mol. The summed E-state index contributed by atoms with van der Waals surface area (Å²) in [6.45, 7) is 0. The molecule has 28 heavy (non-hydrogen) atoms. The number of rotatable bonds is 4. The van der Waals surface area contributed by atoms with Crippen molar-refractivity contribution >= 4 is 50.5 Å². The zero-order valence-corrected chi connectivity index (χ0v) is 17.0. The number of aromatic nitrogens is 1. The van der Waals surface area contributed by atoms with Crippen LogP contribution in [0.1, 0.15) is 5.56 Å². The topological polar surface area (TPSA) is 67.9 Å². The summed E-state index contributed by atoms with van der Waals surface area (Å²) in [6, 6.07) is 16.2. The van der Waals surface area contributed by atoms with Crippen molar-refractivity contribution in [1.82, 2.24) is 4.98 Å². The molecule has 4 rings (SSSR count). The molecule has 1 aromatic heterocycles. The van der Waals surface area contributed by atoms with Crippen molar-refractivity contribution in [2.24, 2.45) is 4.99 Å². The monoisotopic (exact) mass is 456 g/mol. The second-order valence-corrected chi connectivity index (χ2v) is 7.33. The van der Waals surface area contributed by atoms with Crippen LogP contribution in [0.25, 0.3) is 22.6 Å². The Balaban J connectivity index is 1.59. The van der Waals surface area contributed by atoms with E-state index in [-0.39, 0.29) is 5.75 Å². The number of phenolic OH excluding ortho intramolecular Hbond substituents is 1. The molecule has 4 aromatic rings. The fourth-order valence-corrected chi connectivity index (χ4v) is 3.33. The van der Waals surface area contributed by atoms with Crippen LogP contribution in [-0.4, -0.2) is 23.4 Å². The Kier molecular flexibility index (Phi) is 5.07. The third-order valence-corrected chi connectivity index (χ3v) is 4.80. The fraction of sp³-hybridized carbons (Fsp3) is 0.0476. The lowest BCUT2D eigenvalue weighted by Gasteiger charge is -2.06. The molecule has 0 aliphatic rings. The smallest absolute Gasteiger partial charge is 0.227 e. The van der Waals surface area contributed by atoms with Gasteiger partial charge in [-0.25, -0.2) is 4.98 Å². The van der Waals surface area contributed by atoms with E-state index >= 15 is 0 Å². The Morgan fingerprint density at radius 1 is 1.14 bits per heavy atom. The number of nitrogens with zero attached hydrogens (tertiary/aromatic N) is 2. The molecule has 0 fully saturated rings. The normalized spacial score (nSPS) is 11.4. The van der Waals surface area contributed by atoms with Crippen molar-refractivity contribution < 1.29 is 14.3 Å². The number of hydrogen-bond acceptors (Lipinski definition) is 5. The van der Waals surface area contributed by atoms with Crippen molar-refractivity contribution in [2.45, 2.75) is 0 Å². The van der Waals surface area contributed by atoms with Gasteiger partial charge < -0.3 is 14.3 Å². The van der Waals surface area contributed by atoms with Crippen LogP contribution < -0.4 is 4.74 Å². The van der Waals surface area contributed by atoms with Crippen molar-refractivity contribution in [3.8, 4) is 23.0 Å². The van der Waals surface area contributed by atoms with E-state index in [1.807, 2.05) is 24.3 Å². The van der Waals surface area contributed by atoms with Gasteiger partial charge in [0, 0.05) is 26.8 Å². The Hall–Kier alpha value is -2.83. The predicted molar refractivity (Wildman–Crippen MR) is 114 cm³/mol. The first-order chi connectivity index (χ1) is 13.5. The molecule has 0 amide bonds. The Morgan fingerprint density at radius 2 is 1.93 bits per heavy atom. The van der Waals surface area contributed by atoms with Crippen LogP contribution >= 0.6 is 27.5 Å². The summed E-state index contributed by atoms with van der Waals surface area (Å²) in [6.07, 6.45) is 1.58. The standard InChI is InChI=1S/C21H14BrClN2O3/c1-27-19-9-14(22)8-13(20(19)26)11-24-16-5-2-12(3-6-16)21-25-17-10-15(23)4-7-18(17)28-21/h2-11,26H,1H3. The van der Waals surface area contributed by atoms with Gasteiger partial charge in [0.05, 0.1) is 12.8 Å². The second kappa shape index (κ2) is 7.66. The van der Waals surface area contributed by atoms with Gasteiger partial charge in [0.15, 0.2) is 17.1 Å². The second-order valence-electron chi connectivity index (χ2n) is 5.98. The molecule has 0 saturated heterocycles. The maximum absolute atomic E-state index is 10.2. The minimum atomic E-state index is 0.0382. The molecular formula is C21H14BrClN2O3. The minimum Gasteiger partial charge on any atom is -0.504 e. The molecule has 3 aromatic carbocycles. The van der Waals surface area contributed by atoms with E-state index in [9.17, 15) is 5.11 Å². The van der Waals surface area contributed by atoms with Crippen LogP contribution in [0.3, 0.4) is 0 Å². The lowest BCUT2D eigenvalue weighted by atomic mass is 10.2. The Bertz CT molecular complexity index is 1190. The number of oxazole rings is 1. The summed E-state index contributed by atoms with van der Waals surface area (Å²) >= 11 is 9.38. The van der Waals surface area contributed by atoms with Crippen LogP contribution in [0.15, 0.2) is 68.5 Å². The number of benzene rings is 3. The molecule has 0 atom stereocenters. The average Bonchev–Trinajstić information content (AvgIpc) is 3.11. The van der Waals surface area contributed by atoms with Gasteiger partial charge in [-0.15, -0.1) is 0 Å². The molecule has 0 saturated carbocycles. The molecule has 0 radical (unpaired) electrons. The zero-order valence-electron chi connectivity index (χ0n) is 14.7. The minimum absolute atomic E-state index is 0.0382. The third kappa shape index (κ3) is 3.74. The van der Waals surface area contributed by atoms with E-state index < -0.39 is 0 Å². The zero-order chi connectivity index (χ0) is 19.7. The molecule has 0 aliphatic heterocycles. The van der Waals surface area contributed by atoms with Gasteiger partial charge in [-0.05, 0) is 54.6 Å². The SMILES string of the molecule is COc1cc(Br)cc(C=Nc2ccc(-c3nc4cc(Cl)ccc4o3)cc2)c1O. The average molecular weight is 458 g/mol. The number of aromatic hydroxyl groups is 1. The van der Waals surface area contributed by atoms with E-state index in [0.717, 1.165) is 15.7 Å². The van der Waals surface area contributed by atoms with E-state index in [0.29, 0.717) is 33.3 Å². The molecule has 140 valence electrons. The van der Waals surface area contributed by atoms with Gasteiger partial charge in [-0.3, -0.25) is 4.99 Å². The van der Waals surface area contributed by atoms with Crippen LogP contribution in [-0.2, 0) is 0 Å². The van der Waals surface area contributed by atoms with Crippen molar-refractivity contribution in [3.05, 3.63) is 69.7 Å². The first kappa shape index (κ1) is 18.5. The molecule has 0 unspecified atom stereocenters. The van der Waals surface area contributed by atoms with Crippen LogP contribution in [0, 0.1) is 0 Å². The Morgan fingerprint density at radius 3 is 2.68 bits per heavy atom. The highest BCUT2D eigenvalue weighted by Crippen LogP contribution is 2.33. The van der Waals surface area contributed by atoms with Crippen molar-refractivity contribution in [2.75, 3.05) is 7.11 Å². The summed E-state index contributed by atoms with van der Waals surface area (Å²) in [7, 11) is 1.50. The van der Waals surface area contributed by atoms with Crippen LogP contribution in [0.5, 0.6) is 11.5 Å². The number of phenols is 1. The van der Waals surface area contributed by atoms with Crippen molar-refractivity contribution in [1.29, 1.82) is 0 Å². The maximum atomic E-state index is 10.2. The summed E-state index contributed by atoms with van der Waals surface area (Å²) in [5.74, 6) is 0.931. The summed E-state index contributed by atoms with van der Waals surface area (Å²) in [5.41, 5.74) is 3.50. The van der Waals surface area contributed by atoms with Gasteiger partial charge in [0.2, 0.25) is 5.89 Å². The number of fused-ring (bicyclic) bond motifs is 1. The van der Waals surface area contributed by atoms with E-state index in [1.54, 1.807) is 36.5 Å². The van der Waals surface area contributed by atoms with Gasteiger partial charge >= 0.3 is 0 Å². The number of methoxy groups -OCH3 is 1. The van der Waals surface area contributed by atoms with Gasteiger partial charge in [-0.2, -0.15) is 0 Å². The number of hydrogen-bond donors (Lipinski definition) is 1. The lowest BCUT2D eigenvalue weighted by Crippen LogP contribution is -1.89. The number of halogens is 2. The first-order valence-electron chi connectivity index (χ1n) is 8.30. The van der Waals surface area contributed by atoms with Crippen LogP contribution in [0.2, 0.25) is 5.02 Å². The highest BCUT2D eigenvalue weighted by atomic mass is 79.9. The van der Waals surface area contributed by atoms with Crippen LogP contribution in [0.4, 0.5) is 5.69 Å². The quantitative estimate of drug-likeness (QED) is 0.361. The summed E-state index contributed by atoms with van der Waals surface area (Å²) < 4.78 is 11.7. The number of ether oxygens (including phenoxy) is 1. The highest BCUT2D eigenvalue weighted by molar-refractivity contribution is 9.10. The predicted octanol–water partition coefficient (Wildman–Crippen LogP) is 6.38. The summed E-state index contributed by atoms with van der Waals surface area (Å²) in [5, 5.41) is 10.8. The van der Waals surface area contributed by atoms with Crippen molar-refractivity contribution in [3.63, 3.8) is 0 Å². The molecule has 0 spiro atoms. The van der Waals surface area contributed by atoms with Gasteiger partial charge in [0.25, 0.3) is 0 Å². The molecule has 1 N–H and O–H groups in total. The molecule has 1 heterocycles. The highest BCUT2D eigenvalue weighted by Gasteiger charge is 2.10. The van der Waals surface area contributed by atoms with E-state index in [4.69, 9.17) is 20.8 Å². The number of aliphatic imine (C=N–C) groups is 1. The third-order valence-electron chi connectivity index (χ3n) is 4.11. The molecule has 5 nitrogen and oxygen atoms in total. The van der Waals surface area contributed by atoms with Gasteiger partial charge in [0.1, 0.15) is 5.52 Å². The Labute approximate surface area is 174 Å².